The van der Waals surface area contributed by atoms with Gasteiger partial charge in [-0.2, -0.15) is 5.01 Å². The van der Waals surface area contributed by atoms with Crippen molar-refractivity contribution < 1.29 is 14.4 Å². The van der Waals surface area contributed by atoms with Crippen molar-refractivity contribution >= 4 is 67.7 Å². The second-order valence-electron chi connectivity index (χ2n) is 11.1. The molecule has 0 radical (unpaired) electrons. The van der Waals surface area contributed by atoms with Crippen LogP contribution in [0.5, 0.6) is 0 Å². The van der Waals surface area contributed by atoms with Crippen molar-refractivity contribution in [3.05, 3.63) is 93.5 Å². The van der Waals surface area contributed by atoms with Gasteiger partial charge in [0.15, 0.2) is 5.13 Å². The van der Waals surface area contributed by atoms with Crippen LogP contribution in [0.2, 0.25) is 10.0 Å². The number of hydrogen-bond acceptors (Lipinski definition) is 7. The minimum atomic E-state index is -0.847. The standard InChI is InChI=1S/C31H31Cl2N7O3S/c1-18(2)40(31(43)35-14-19-11-12-22(32)23(33)13-19)38-17-26(41)39-25(38)16-37(29(42)28(39)20-7-4-3-5-8-20)15-21-9-6-10-24-27(21)36-30(34)44-24/h3-13,18,25,28H,14-17H2,1-2H3,(H2,34,36)(H,35,43)/t25?,28-/m0/s1. The van der Waals surface area contributed by atoms with Crippen LogP contribution in [0, 0.1) is 0 Å². The van der Waals surface area contributed by atoms with E-state index in [0.29, 0.717) is 20.7 Å². The van der Waals surface area contributed by atoms with Gasteiger partial charge in [-0.1, -0.05) is 83.1 Å². The van der Waals surface area contributed by atoms with Crippen LogP contribution in [-0.4, -0.2) is 67.9 Å². The summed E-state index contributed by atoms with van der Waals surface area (Å²) in [6.45, 7) is 4.42. The Morgan fingerprint density at radius 2 is 1.86 bits per heavy atom. The van der Waals surface area contributed by atoms with Gasteiger partial charge in [0.2, 0.25) is 5.91 Å². The molecule has 44 heavy (non-hydrogen) atoms. The normalized spacial score (nSPS) is 18.8. The van der Waals surface area contributed by atoms with Gasteiger partial charge < -0.3 is 20.9 Å². The molecule has 10 nitrogen and oxygen atoms in total. The number of piperazine rings is 1. The molecule has 2 saturated heterocycles. The fourth-order valence-corrected chi connectivity index (χ4v) is 7.03. The van der Waals surface area contributed by atoms with Crippen LogP contribution < -0.4 is 11.1 Å². The number of fused-ring (bicyclic) bond motifs is 2. The number of nitrogens with two attached hydrogens (primary N) is 1. The van der Waals surface area contributed by atoms with E-state index in [1.165, 1.54) is 11.3 Å². The van der Waals surface area contributed by atoms with Crippen LogP contribution >= 0.6 is 34.5 Å². The number of anilines is 1. The Kier molecular flexibility index (Phi) is 8.38. The van der Waals surface area contributed by atoms with Crippen molar-refractivity contribution in [2.45, 2.75) is 45.2 Å². The number of amides is 4. The lowest BCUT2D eigenvalue weighted by molar-refractivity contribution is -0.159. The Balaban J connectivity index is 1.32. The summed E-state index contributed by atoms with van der Waals surface area (Å²) in [5, 5.41) is 7.58. The fourth-order valence-electron chi connectivity index (χ4n) is 5.93. The Labute approximate surface area is 268 Å². The highest BCUT2D eigenvalue weighted by molar-refractivity contribution is 7.22. The van der Waals surface area contributed by atoms with Crippen LogP contribution in [0.3, 0.4) is 0 Å². The van der Waals surface area contributed by atoms with E-state index in [1.54, 1.807) is 38.0 Å². The number of hydrazine groups is 1. The zero-order chi connectivity index (χ0) is 31.1. The van der Waals surface area contributed by atoms with E-state index in [-0.39, 0.29) is 50.1 Å². The summed E-state index contributed by atoms with van der Waals surface area (Å²) in [5.74, 6) is -0.419. The summed E-state index contributed by atoms with van der Waals surface area (Å²) in [6, 6.07) is 18.8. The van der Waals surface area contributed by atoms with E-state index in [4.69, 9.17) is 28.9 Å². The zero-order valence-corrected chi connectivity index (χ0v) is 26.4. The van der Waals surface area contributed by atoms with Crippen molar-refractivity contribution in [1.29, 1.82) is 0 Å². The predicted octanol–water partition coefficient (Wildman–Crippen LogP) is 5.27. The maximum atomic E-state index is 14.2. The number of rotatable bonds is 7. The van der Waals surface area contributed by atoms with E-state index in [1.807, 2.05) is 62.4 Å². The Bertz CT molecular complexity index is 1730. The maximum absolute atomic E-state index is 14.2. The SMILES string of the molecule is CC(C)N(C(=O)NCc1ccc(Cl)c(Cl)c1)N1CC(=O)N2C1CN(Cc1cccc3sc(N)nc13)C(=O)[C@@H]2c1ccccc1. The zero-order valence-electron chi connectivity index (χ0n) is 24.1. The minimum absolute atomic E-state index is 0.0499. The van der Waals surface area contributed by atoms with Gasteiger partial charge in [-0.05, 0) is 48.7 Å². The van der Waals surface area contributed by atoms with Crippen LogP contribution in [0.4, 0.5) is 9.93 Å². The highest BCUT2D eigenvalue weighted by Crippen LogP contribution is 2.37. The van der Waals surface area contributed by atoms with E-state index in [0.717, 1.165) is 21.3 Å². The monoisotopic (exact) mass is 651 g/mol. The van der Waals surface area contributed by atoms with Crippen molar-refractivity contribution in [1.82, 2.24) is 30.1 Å². The Morgan fingerprint density at radius 1 is 1.09 bits per heavy atom. The molecule has 2 aliphatic rings. The maximum Gasteiger partial charge on any atom is 0.332 e. The number of benzene rings is 3. The third-order valence-electron chi connectivity index (χ3n) is 7.86. The number of carbonyl (C=O) groups excluding carboxylic acids is 3. The first kappa shape index (κ1) is 30.1. The summed E-state index contributed by atoms with van der Waals surface area (Å²) in [6.07, 6.45) is -0.580. The average Bonchev–Trinajstić information content (AvgIpc) is 3.53. The third kappa shape index (κ3) is 5.68. The smallest absolute Gasteiger partial charge is 0.332 e. The molecule has 2 fully saturated rings. The third-order valence-corrected chi connectivity index (χ3v) is 9.44. The summed E-state index contributed by atoms with van der Waals surface area (Å²) < 4.78 is 0.938. The van der Waals surface area contributed by atoms with E-state index >= 15 is 0 Å². The number of aromatic nitrogens is 1. The topological polar surface area (TPSA) is 115 Å². The van der Waals surface area contributed by atoms with E-state index in [9.17, 15) is 14.4 Å². The molecule has 13 heteroatoms. The Hall–Kier alpha value is -3.90. The number of hydrogen-bond donors (Lipinski definition) is 2. The minimum Gasteiger partial charge on any atom is -0.375 e. The lowest BCUT2D eigenvalue weighted by Gasteiger charge is -2.47. The van der Waals surface area contributed by atoms with Gasteiger partial charge in [-0.3, -0.25) is 14.6 Å². The molecule has 4 aromatic rings. The van der Waals surface area contributed by atoms with Crippen LogP contribution in [0.1, 0.15) is 36.6 Å². The van der Waals surface area contributed by atoms with Gasteiger partial charge in [0.05, 0.1) is 33.4 Å². The summed E-state index contributed by atoms with van der Waals surface area (Å²) in [4.78, 5) is 49.5. The highest BCUT2D eigenvalue weighted by Gasteiger charge is 2.53. The van der Waals surface area contributed by atoms with Gasteiger partial charge in [-0.15, -0.1) is 0 Å². The number of nitrogens with one attached hydrogen (secondary N) is 1. The first-order valence-electron chi connectivity index (χ1n) is 14.2. The molecular formula is C31H31Cl2N7O3S. The molecule has 3 N–H and O–H groups in total. The Morgan fingerprint density at radius 3 is 2.59 bits per heavy atom. The first-order valence-corrected chi connectivity index (χ1v) is 15.8. The fraction of sp³-hybridized carbons (Fsp3) is 0.290. The molecule has 3 heterocycles. The van der Waals surface area contributed by atoms with Crippen LogP contribution in [0.25, 0.3) is 10.2 Å². The molecule has 0 saturated carbocycles. The highest BCUT2D eigenvalue weighted by atomic mass is 35.5. The average molecular weight is 653 g/mol. The van der Waals surface area contributed by atoms with Crippen LogP contribution in [0.15, 0.2) is 66.7 Å². The molecule has 2 aliphatic heterocycles. The summed E-state index contributed by atoms with van der Waals surface area (Å²) in [5.41, 5.74) is 9.11. The number of urea groups is 1. The molecule has 2 atom stereocenters. The lowest BCUT2D eigenvalue weighted by atomic mass is 10.00. The van der Waals surface area contributed by atoms with E-state index in [2.05, 4.69) is 10.3 Å². The number of nitrogens with zero attached hydrogens (tertiary/aromatic N) is 5. The molecule has 3 aromatic carbocycles. The van der Waals surface area contributed by atoms with Gasteiger partial charge in [0.25, 0.3) is 5.91 Å². The van der Waals surface area contributed by atoms with Gasteiger partial charge in [-0.25, -0.2) is 9.78 Å². The van der Waals surface area contributed by atoms with Crippen molar-refractivity contribution in [2.75, 3.05) is 18.8 Å². The largest absolute Gasteiger partial charge is 0.375 e. The van der Waals surface area contributed by atoms with Crippen molar-refractivity contribution in [3.8, 4) is 0 Å². The molecule has 6 rings (SSSR count). The van der Waals surface area contributed by atoms with Gasteiger partial charge in [0, 0.05) is 19.1 Å². The summed E-state index contributed by atoms with van der Waals surface area (Å²) >= 11 is 13.6. The molecule has 0 aliphatic carbocycles. The first-order chi connectivity index (χ1) is 21.1. The van der Waals surface area contributed by atoms with Crippen LogP contribution in [-0.2, 0) is 22.7 Å². The quantitative estimate of drug-likeness (QED) is 0.281. The van der Waals surface area contributed by atoms with Crippen molar-refractivity contribution in [3.63, 3.8) is 0 Å². The van der Waals surface area contributed by atoms with E-state index < -0.39 is 12.2 Å². The number of carbonyl (C=O) groups is 3. The molecule has 228 valence electrons. The number of para-hydroxylation sites is 1. The van der Waals surface area contributed by atoms with Gasteiger partial charge in [0.1, 0.15) is 12.2 Å². The lowest BCUT2D eigenvalue weighted by Crippen LogP contribution is -2.63. The molecular weight excluding hydrogens is 621 g/mol. The second-order valence-corrected chi connectivity index (χ2v) is 12.9. The number of nitrogen functional groups attached to an aromatic ring is 1. The number of thiazole rings is 1. The second kappa shape index (κ2) is 12.2. The molecule has 4 amide bonds. The molecule has 1 unspecified atom stereocenters. The summed E-state index contributed by atoms with van der Waals surface area (Å²) in [7, 11) is 0. The van der Waals surface area contributed by atoms with Crippen molar-refractivity contribution in [2.24, 2.45) is 0 Å². The number of halogens is 2. The molecule has 1 aromatic heterocycles. The van der Waals surface area contributed by atoms with Gasteiger partial charge >= 0.3 is 6.03 Å². The predicted molar refractivity (Wildman–Crippen MR) is 172 cm³/mol. The molecule has 0 bridgehead atoms. The molecule has 0 spiro atoms.